The quantitative estimate of drug-likeness (QED) is 0.148. The van der Waals surface area contributed by atoms with Crippen molar-refractivity contribution in [2.24, 2.45) is 11.8 Å². The number of nitrogens with zero attached hydrogens (tertiary/aromatic N) is 3. The number of amides is 3. The number of carbonyl (C=O) groups excluding carboxylic acids is 4. The van der Waals surface area contributed by atoms with Crippen molar-refractivity contribution in [1.82, 2.24) is 9.80 Å². The molecule has 1 N–H and O–H groups in total. The number of likely N-dealkylation sites (N-methyl/N-ethyl adjacent to an activating group) is 1. The third kappa shape index (κ3) is 6.91. The molecule has 5 rings (SSSR count). The lowest BCUT2D eigenvalue weighted by atomic mass is 9.70. The molecule has 2 aromatic rings. The summed E-state index contributed by atoms with van der Waals surface area (Å²) in [5.74, 6) is -3.34. The standard InChI is InChI=1S/C38H46ClN3O7/c1-5-7-19-30(44)40(4)25(3)33(26-15-9-8-10-16-26)48-37(47)31-29-20-21-38(49-29)32(31)35(45)42(23-13-14-24-43)34(38)36(46)41(22-6-2)28-18-12-11-17-27(28)39/h5-6,8-12,15-18,25,29,31-34,43H,1-2,7,13-14,19-24H2,3-4H3/t25-,29+,31-,32-,33+,34+,38-/m0/s1. The molecule has 3 aliphatic rings. The van der Waals surface area contributed by atoms with Gasteiger partial charge >= 0.3 is 5.97 Å². The van der Waals surface area contributed by atoms with Crippen molar-refractivity contribution in [3.8, 4) is 0 Å². The maximum atomic E-state index is 14.7. The van der Waals surface area contributed by atoms with Crippen LogP contribution < -0.4 is 4.90 Å². The fourth-order valence-electron chi connectivity index (χ4n) is 7.71. The van der Waals surface area contributed by atoms with Crippen LogP contribution in [0.5, 0.6) is 0 Å². The first-order chi connectivity index (χ1) is 23.6. The first-order valence-corrected chi connectivity index (χ1v) is 17.4. The highest BCUT2D eigenvalue weighted by molar-refractivity contribution is 6.34. The van der Waals surface area contributed by atoms with Crippen LogP contribution in [0.4, 0.5) is 5.69 Å². The van der Waals surface area contributed by atoms with Crippen molar-refractivity contribution in [3.63, 3.8) is 0 Å². The fraction of sp³-hybridized carbons (Fsp3) is 0.474. The van der Waals surface area contributed by atoms with Gasteiger partial charge in [-0.25, -0.2) is 0 Å². The third-order valence-electron chi connectivity index (χ3n) is 10.2. The Hall–Kier alpha value is -3.99. The van der Waals surface area contributed by atoms with Gasteiger partial charge in [0.1, 0.15) is 17.7 Å². The Kier molecular flexibility index (Phi) is 11.6. The smallest absolute Gasteiger partial charge is 0.313 e. The number of hydrogen-bond acceptors (Lipinski definition) is 7. The molecule has 2 aromatic carbocycles. The molecule has 10 nitrogen and oxygen atoms in total. The lowest BCUT2D eigenvalue weighted by molar-refractivity contribution is -0.164. The predicted molar refractivity (Wildman–Crippen MR) is 187 cm³/mol. The summed E-state index contributed by atoms with van der Waals surface area (Å²) in [7, 11) is 1.68. The van der Waals surface area contributed by atoms with E-state index in [9.17, 15) is 24.3 Å². The van der Waals surface area contributed by atoms with Crippen LogP contribution in [0.25, 0.3) is 0 Å². The summed E-state index contributed by atoms with van der Waals surface area (Å²) in [5, 5.41) is 9.89. The molecule has 49 heavy (non-hydrogen) atoms. The monoisotopic (exact) mass is 691 g/mol. The molecule has 3 aliphatic heterocycles. The summed E-state index contributed by atoms with van der Waals surface area (Å²) < 4.78 is 12.9. The molecule has 0 saturated carbocycles. The molecule has 0 unspecified atom stereocenters. The van der Waals surface area contributed by atoms with Crippen molar-refractivity contribution >= 4 is 41.0 Å². The Morgan fingerprint density at radius 2 is 1.84 bits per heavy atom. The van der Waals surface area contributed by atoms with Crippen LogP contribution in [-0.2, 0) is 28.7 Å². The number of fused-ring (bicyclic) bond motifs is 1. The van der Waals surface area contributed by atoms with Gasteiger partial charge in [-0.15, -0.1) is 13.2 Å². The largest absolute Gasteiger partial charge is 0.455 e. The molecule has 0 aromatic heterocycles. The highest BCUT2D eigenvalue weighted by Crippen LogP contribution is 2.59. The van der Waals surface area contributed by atoms with Gasteiger partial charge < -0.3 is 29.3 Å². The van der Waals surface area contributed by atoms with Gasteiger partial charge in [0.2, 0.25) is 11.8 Å². The number of unbranched alkanes of at least 4 members (excludes halogenated alkanes) is 1. The number of aliphatic hydroxyl groups excluding tert-OH is 1. The minimum Gasteiger partial charge on any atom is -0.455 e. The lowest BCUT2D eigenvalue weighted by Gasteiger charge is -2.37. The summed E-state index contributed by atoms with van der Waals surface area (Å²) in [5.41, 5.74) is -0.0679. The molecule has 0 aliphatic carbocycles. The molecule has 3 saturated heterocycles. The van der Waals surface area contributed by atoms with Crippen LogP contribution in [0.1, 0.15) is 57.1 Å². The number of carbonyl (C=O) groups is 4. The highest BCUT2D eigenvalue weighted by atomic mass is 35.5. The van der Waals surface area contributed by atoms with Gasteiger partial charge in [0.25, 0.3) is 5.91 Å². The average molecular weight is 692 g/mol. The van der Waals surface area contributed by atoms with E-state index in [1.807, 2.05) is 37.3 Å². The topological polar surface area (TPSA) is 117 Å². The number of para-hydroxylation sites is 1. The Morgan fingerprint density at radius 3 is 2.51 bits per heavy atom. The molecule has 0 radical (unpaired) electrons. The van der Waals surface area contributed by atoms with Crippen molar-refractivity contribution in [2.45, 2.75) is 75.3 Å². The number of esters is 1. The Labute approximate surface area is 293 Å². The van der Waals surface area contributed by atoms with E-state index in [4.69, 9.17) is 21.1 Å². The second-order valence-electron chi connectivity index (χ2n) is 13.0. The average Bonchev–Trinajstić information content (AvgIpc) is 3.75. The minimum absolute atomic E-state index is 0.0610. The fourth-order valence-corrected chi connectivity index (χ4v) is 7.95. The molecule has 2 bridgehead atoms. The van der Waals surface area contributed by atoms with Crippen LogP contribution in [0, 0.1) is 11.8 Å². The second kappa shape index (κ2) is 15.7. The second-order valence-corrected chi connectivity index (χ2v) is 13.5. The number of ether oxygens (including phenoxy) is 2. The number of anilines is 1. The van der Waals surface area contributed by atoms with E-state index in [1.54, 1.807) is 48.4 Å². The zero-order valence-corrected chi connectivity index (χ0v) is 29.0. The molecule has 262 valence electrons. The Morgan fingerprint density at radius 1 is 1.12 bits per heavy atom. The Balaban J connectivity index is 1.49. The number of halogens is 1. The molecule has 1 spiro atoms. The summed E-state index contributed by atoms with van der Waals surface area (Å²) >= 11 is 6.56. The highest BCUT2D eigenvalue weighted by Gasteiger charge is 2.75. The van der Waals surface area contributed by atoms with E-state index in [1.165, 1.54) is 9.80 Å². The van der Waals surface area contributed by atoms with Gasteiger partial charge in [-0.2, -0.15) is 0 Å². The molecule has 11 heteroatoms. The third-order valence-corrected chi connectivity index (χ3v) is 10.5. The summed E-state index contributed by atoms with van der Waals surface area (Å²) in [4.78, 5) is 61.1. The predicted octanol–water partition coefficient (Wildman–Crippen LogP) is 5.10. The molecular weight excluding hydrogens is 646 g/mol. The normalized spacial score (nSPS) is 25.0. The zero-order valence-electron chi connectivity index (χ0n) is 28.2. The number of likely N-dealkylation sites (tertiary alicyclic amines) is 1. The van der Waals surface area contributed by atoms with Gasteiger partial charge in [0, 0.05) is 33.2 Å². The zero-order chi connectivity index (χ0) is 35.3. The molecule has 3 amide bonds. The number of hydrogen-bond donors (Lipinski definition) is 1. The van der Waals surface area contributed by atoms with Gasteiger partial charge in [-0.1, -0.05) is 66.2 Å². The van der Waals surface area contributed by atoms with E-state index < -0.39 is 47.7 Å². The minimum atomic E-state index is -1.26. The molecule has 3 heterocycles. The van der Waals surface area contributed by atoms with Crippen LogP contribution in [0.2, 0.25) is 5.02 Å². The van der Waals surface area contributed by atoms with Gasteiger partial charge in [-0.3, -0.25) is 19.2 Å². The van der Waals surface area contributed by atoms with Crippen molar-refractivity contribution in [2.75, 3.05) is 31.6 Å². The van der Waals surface area contributed by atoms with Gasteiger partial charge in [-0.05, 0) is 56.7 Å². The lowest BCUT2D eigenvalue weighted by Crippen LogP contribution is -2.56. The van der Waals surface area contributed by atoms with Crippen molar-refractivity contribution in [1.29, 1.82) is 0 Å². The van der Waals surface area contributed by atoms with Crippen LogP contribution in [0.3, 0.4) is 0 Å². The van der Waals surface area contributed by atoms with Gasteiger partial charge in [0.05, 0.1) is 34.7 Å². The molecular formula is C38H46ClN3O7. The van der Waals surface area contributed by atoms with E-state index in [0.717, 1.165) is 0 Å². The number of allylic oxidation sites excluding steroid dienone is 1. The first-order valence-electron chi connectivity index (χ1n) is 17.0. The first kappa shape index (κ1) is 36.3. The Bertz CT molecular complexity index is 1550. The summed E-state index contributed by atoms with van der Waals surface area (Å²) in [6, 6.07) is 14.7. The molecule has 7 atom stereocenters. The van der Waals surface area contributed by atoms with Crippen molar-refractivity contribution < 1.29 is 33.8 Å². The van der Waals surface area contributed by atoms with E-state index in [2.05, 4.69) is 13.2 Å². The number of rotatable bonds is 16. The van der Waals surface area contributed by atoms with Crippen LogP contribution >= 0.6 is 11.6 Å². The van der Waals surface area contributed by atoms with Gasteiger partial charge in [0.15, 0.2) is 0 Å². The van der Waals surface area contributed by atoms with E-state index >= 15 is 0 Å². The molecule has 3 fully saturated rings. The maximum Gasteiger partial charge on any atom is 0.313 e. The summed E-state index contributed by atoms with van der Waals surface area (Å²) in [6.07, 6.45) is 4.41. The van der Waals surface area contributed by atoms with Crippen molar-refractivity contribution in [3.05, 3.63) is 90.5 Å². The van der Waals surface area contributed by atoms with Crippen LogP contribution in [0.15, 0.2) is 79.9 Å². The number of aliphatic hydroxyl groups is 1. The maximum absolute atomic E-state index is 14.7. The van der Waals surface area contributed by atoms with Crippen LogP contribution in [-0.4, -0.2) is 89.1 Å². The van der Waals surface area contributed by atoms with E-state index in [0.29, 0.717) is 48.4 Å². The van der Waals surface area contributed by atoms with E-state index in [-0.39, 0.29) is 43.8 Å². The summed E-state index contributed by atoms with van der Waals surface area (Å²) in [6.45, 7) is 9.67. The SMILES string of the molecule is C=CCCC(=O)N(C)[C@@H](C)[C@@H](OC(=O)[C@@H]1[C@H]2C(=O)N(CCCCO)[C@H](C(=O)N(CC=C)c3ccccc3Cl)[C@]23CC[C@H]1O3)c1ccccc1. The number of benzene rings is 2.